The zero-order valence-corrected chi connectivity index (χ0v) is 32.6. The van der Waals surface area contributed by atoms with Gasteiger partial charge in [-0.15, -0.1) is 22.7 Å². The summed E-state index contributed by atoms with van der Waals surface area (Å²) in [6.07, 6.45) is 0. The number of benzene rings is 9. The molecular weight excluding hydrogens is 715 g/mol. The van der Waals surface area contributed by atoms with E-state index in [4.69, 9.17) is 0 Å². The van der Waals surface area contributed by atoms with E-state index in [-0.39, 0.29) is 5.41 Å². The monoisotopic (exact) mass is 749 g/mol. The fourth-order valence-corrected chi connectivity index (χ4v) is 11.9. The molecule has 1 aliphatic rings. The van der Waals surface area contributed by atoms with E-state index in [1.54, 1.807) is 0 Å². The van der Waals surface area contributed by atoms with Crippen molar-refractivity contribution in [3.63, 3.8) is 0 Å². The van der Waals surface area contributed by atoms with Crippen LogP contribution in [0, 0.1) is 0 Å². The van der Waals surface area contributed by atoms with Gasteiger partial charge in [0.2, 0.25) is 0 Å². The van der Waals surface area contributed by atoms with Crippen LogP contribution in [0.2, 0.25) is 0 Å². The van der Waals surface area contributed by atoms with Crippen LogP contribution >= 0.6 is 22.7 Å². The zero-order valence-electron chi connectivity index (χ0n) is 31.0. The lowest BCUT2D eigenvalue weighted by atomic mass is 9.82. The molecule has 9 aromatic carbocycles. The summed E-state index contributed by atoms with van der Waals surface area (Å²) in [5, 5.41) is 10.6. The normalized spacial score (nSPS) is 13.3. The second kappa shape index (κ2) is 11.9. The fourth-order valence-electron chi connectivity index (χ4n) is 9.36. The highest BCUT2D eigenvalue weighted by atomic mass is 32.1. The van der Waals surface area contributed by atoms with Gasteiger partial charge in [-0.2, -0.15) is 0 Å². The molecule has 0 fully saturated rings. The van der Waals surface area contributed by atoms with E-state index in [0.717, 1.165) is 11.4 Å². The van der Waals surface area contributed by atoms with E-state index in [9.17, 15) is 0 Å². The van der Waals surface area contributed by atoms with E-state index < -0.39 is 0 Å². The van der Waals surface area contributed by atoms with Crippen molar-refractivity contribution < 1.29 is 0 Å². The van der Waals surface area contributed by atoms with Gasteiger partial charge in [0, 0.05) is 62.8 Å². The first kappa shape index (κ1) is 32.0. The van der Waals surface area contributed by atoms with Crippen molar-refractivity contribution in [2.75, 3.05) is 4.90 Å². The molecule has 264 valence electrons. The largest absolute Gasteiger partial charge is 0.310 e. The lowest BCUT2D eigenvalue weighted by Crippen LogP contribution is -2.16. The highest BCUT2D eigenvalue weighted by Crippen LogP contribution is 2.51. The number of hydrogen-bond acceptors (Lipinski definition) is 3. The molecule has 0 amide bonds. The van der Waals surface area contributed by atoms with Crippen LogP contribution in [0.4, 0.5) is 17.1 Å². The van der Waals surface area contributed by atoms with Gasteiger partial charge in [-0.1, -0.05) is 123 Å². The molecule has 0 N–H and O–H groups in total. The maximum Gasteiger partial charge on any atom is 0.0468 e. The number of nitrogens with zero attached hydrogens (tertiary/aromatic N) is 1. The maximum atomic E-state index is 2.44. The number of hydrogen-bond donors (Lipinski definition) is 0. The fraction of sp³-hybridized carbons (Fsp3) is 0.0566. The predicted molar refractivity (Wildman–Crippen MR) is 245 cm³/mol. The van der Waals surface area contributed by atoms with Gasteiger partial charge in [0.15, 0.2) is 0 Å². The SMILES string of the molecule is CC1(C)c2ccccc2-c2ccc(N(c3ccc(-c4ccccc4)cc3)c3ccc4cc5c(cc4c3)sc3ccc4c6cc7ccccc7cc6sc4c35)cc21. The third-order valence-corrected chi connectivity index (χ3v) is 14.5. The molecule has 12 rings (SSSR count). The first-order chi connectivity index (χ1) is 27.5. The Bertz CT molecular complexity index is 3380. The van der Waals surface area contributed by atoms with Gasteiger partial charge in [-0.05, 0) is 122 Å². The molecule has 0 saturated heterocycles. The van der Waals surface area contributed by atoms with Gasteiger partial charge >= 0.3 is 0 Å². The molecule has 2 aromatic heterocycles. The summed E-state index contributed by atoms with van der Waals surface area (Å²) >= 11 is 3.85. The van der Waals surface area contributed by atoms with E-state index in [2.05, 4.69) is 195 Å². The summed E-state index contributed by atoms with van der Waals surface area (Å²) in [4.78, 5) is 2.44. The minimum atomic E-state index is -0.0890. The molecule has 1 aliphatic carbocycles. The number of fused-ring (bicyclic) bond motifs is 12. The standard InChI is InChI=1S/C53H35NS2/c1-53(2)46-15-9-8-14-41(46)42-23-22-40(31-47(42)53)54(38-19-16-33(17-20-38)32-10-4-3-5-11-32)39-21-18-36-28-45-50(30-37(36)26-39)55-48-25-24-43-44-27-34-12-6-7-13-35(34)29-49(44)56-52(43)51(45)48/h3-31H,1-2H3. The van der Waals surface area contributed by atoms with E-state index >= 15 is 0 Å². The quantitative estimate of drug-likeness (QED) is 0.173. The second-order valence-corrected chi connectivity index (χ2v) is 17.9. The van der Waals surface area contributed by atoms with Crippen LogP contribution in [0.3, 0.4) is 0 Å². The van der Waals surface area contributed by atoms with Crippen molar-refractivity contribution in [2.24, 2.45) is 0 Å². The Kier molecular flexibility index (Phi) is 6.79. The first-order valence-electron chi connectivity index (χ1n) is 19.3. The first-order valence-corrected chi connectivity index (χ1v) is 21.0. The highest BCUT2D eigenvalue weighted by molar-refractivity contribution is 7.29. The second-order valence-electron chi connectivity index (χ2n) is 15.7. The Hall–Kier alpha value is -6.26. The van der Waals surface area contributed by atoms with E-state index in [1.807, 2.05) is 22.7 Å². The number of rotatable bonds is 4. The molecule has 11 aromatic rings. The predicted octanol–water partition coefficient (Wildman–Crippen LogP) is 16.2. The van der Waals surface area contributed by atoms with Crippen LogP contribution < -0.4 is 4.90 Å². The van der Waals surface area contributed by atoms with Crippen molar-refractivity contribution in [2.45, 2.75) is 19.3 Å². The minimum Gasteiger partial charge on any atom is -0.310 e. The van der Waals surface area contributed by atoms with Crippen LogP contribution in [0.1, 0.15) is 25.0 Å². The Morgan fingerprint density at radius 2 is 1.02 bits per heavy atom. The summed E-state index contributed by atoms with van der Waals surface area (Å²) in [6.45, 7) is 4.72. The average Bonchev–Trinajstić information content (AvgIpc) is 3.86. The molecule has 0 spiro atoms. The Balaban J connectivity index is 1.02. The summed E-state index contributed by atoms with van der Waals surface area (Å²) in [5.74, 6) is 0. The molecule has 0 bridgehead atoms. The van der Waals surface area contributed by atoms with Gasteiger partial charge in [0.25, 0.3) is 0 Å². The van der Waals surface area contributed by atoms with Crippen molar-refractivity contribution in [1.82, 2.24) is 0 Å². The third kappa shape index (κ3) is 4.71. The molecule has 56 heavy (non-hydrogen) atoms. The topological polar surface area (TPSA) is 3.24 Å². The molecule has 0 aliphatic heterocycles. The van der Waals surface area contributed by atoms with E-state index in [1.165, 1.54) is 101 Å². The molecular formula is C53H35NS2. The maximum absolute atomic E-state index is 2.44. The van der Waals surface area contributed by atoms with Crippen LogP contribution in [0.5, 0.6) is 0 Å². The summed E-state index contributed by atoms with van der Waals surface area (Å²) in [6, 6.07) is 65.7. The zero-order chi connectivity index (χ0) is 37.1. The van der Waals surface area contributed by atoms with Gasteiger partial charge in [0.05, 0.1) is 0 Å². The van der Waals surface area contributed by atoms with Crippen molar-refractivity contribution >= 4 is 102 Å². The lowest BCUT2D eigenvalue weighted by Gasteiger charge is -2.28. The molecule has 0 atom stereocenters. The number of anilines is 3. The molecule has 2 heterocycles. The smallest absolute Gasteiger partial charge is 0.0468 e. The van der Waals surface area contributed by atoms with Gasteiger partial charge in [0.1, 0.15) is 0 Å². The van der Waals surface area contributed by atoms with Gasteiger partial charge in [-0.3, -0.25) is 0 Å². The van der Waals surface area contributed by atoms with Gasteiger partial charge < -0.3 is 4.90 Å². The van der Waals surface area contributed by atoms with E-state index in [0.29, 0.717) is 0 Å². The molecule has 0 radical (unpaired) electrons. The Labute approximate surface area is 333 Å². The molecule has 0 saturated carbocycles. The Morgan fingerprint density at radius 1 is 0.393 bits per heavy atom. The van der Waals surface area contributed by atoms with Crippen molar-refractivity contribution in [1.29, 1.82) is 0 Å². The summed E-state index contributed by atoms with van der Waals surface area (Å²) in [7, 11) is 0. The average molecular weight is 750 g/mol. The van der Waals surface area contributed by atoms with Crippen LogP contribution in [-0.2, 0) is 5.41 Å². The van der Waals surface area contributed by atoms with Gasteiger partial charge in [-0.25, -0.2) is 0 Å². The van der Waals surface area contributed by atoms with Crippen molar-refractivity contribution in [3.05, 3.63) is 187 Å². The summed E-state index contributed by atoms with van der Waals surface area (Å²) < 4.78 is 5.42. The third-order valence-electron chi connectivity index (χ3n) is 12.2. The number of thiophene rings is 2. The molecule has 1 nitrogen and oxygen atoms in total. The minimum absolute atomic E-state index is 0.0890. The highest BCUT2D eigenvalue weighted by Gasteiger charge is 2.35. The molecule has 0 unspecified atom stereocenters. The lowest BCUT2D eigenvalue weighted by molar-refractivity contribution is 0.660. The van der Waals surface area contributed by atoms with Crippen LogP contribution in [0.25, 0.3) is 84.1 Å². The van der Waals surface area contributed by atoms with Crippen LogP contribution in [-0.4, -0.2) is 0 Å². The summed E-state index contributed by atoms with van der Waals surface area (Å²) in [5.41, 5.74) is 11.2. The molecule has 3 heteroatoms. The van der Waals surface area contributed by atoms with Crippen LogP contribution in [0.15, 0.2) is 176 Å². The van der Waals surface area contributed by atoms with Crippen molar-refractivity contribution in [3.8, 4) is 22.3 Å². The Morgan fingerprint density at radius 3 is 1.88 bits per heavy atom.